The minimum atomic E-state index is -1.42. The monoisotopic (exact) mass is 587 g/mol. The van der Waals surface area contributed by atoms with Crippen molar-refractivity contribution in [2.45, 2.75) is 45.4 Å². The first-order chi connectivity index (χ1) is 20.0. The molecule has 4 rings (SSSR count). The van der Waals surface area contributed by atoms with Gasteiger partial charge in [-0.3, -0.25) is 19.2 Å². The van der Waals surface area contributed by atoms with E-state index >= 15 is 0 Å². The van der Waals surface area contributed by atoms with Crippen LogP contribution in [0.4, 0.5) is 8.78 Å². The molecule has 2 aromatic rings. The standard InChI is InChI=1S/C26H29B2F2N3O9/c1-13(26(37)38)4-2-3-5-31-25(36)22(33-24(35)15-7-19-17(21(30)9-15)12-42-28(19)40)10-32-23(34)14-6-18-16(20(29)8-14)11-41-27(18)39/h6-9,13,22,39-40H,2-5,10-12H2,1H3,(H,31,36)(H,32,34)(H,33,35)(H,37,38)/t13-,22-/m0/s1. The molecule has 0 saturated carbocycles. The number of carboxylic acid groups (broad SMARTS) is 1. The molecule has 0 bridgehead atoms. The van der Waals surface area contributed by atoms with Gasteiger partial charge in [0.2, 0.25) is 5.91 Å². The molecular weight excluding hydrogens is 558 g/mol. The minimum absolute atomic E-state index is 0.0786. The van der Waals surface area contributed by atoms with Crippen LogP contribution < -0.4 is 26.9 Å². The molecule has 12 nitrogen and oxygen atoms in total. The summed E-state index contributed by atoms with van der Waals surface area (Å²) in [4.78, 5) is 49.8. The summed E-state index contributed by atoms with van der Waals surface area (Å²) >= 11 is 0. The smallest absolute Gasteiger partial charge is 0.481 e. The Morgan fingerprint density at radius 3 is 1.98 bits per heavy atom. The highest BCUT2D eigenvalue weighted by Gasteiger charge is 2.33. The molecule has 2 aliphatic heterocycles. The lowest BCUT2D eigenvalue weighted by atomic mass is 9.78. The molecule has 0 radical (unpaired) electrons. The van der Waals surface area contributed by atoms with Crippen LogP contribution in [-0.4, -0.2) is 72.2 Å². The Kier molecular flexibility index (Phi) is 9.93. The Bertz CT molecular complexity index is 1400. The molecule has 2 heterocycles. The Morgan fingerprint density at radius 2 is 1.43 bits per heavy atom. The second-order valence-electron chi connectivity index (χ2n) is 10.1. The van der Waals surface area contributed by atoms with Crippen LogP contribution in [0, 0.1) is 17.6 Å². The molecule has 42 heavy (non-hydrogen) atoms. The SMILES string of the molecule is C[C@@H](CCCCNC(=O)[C@H](CNC(=O)c1cc(F)c2c(c1)B(O)OC2)NC(=O)c1cc(F)c2c(c1)B(O)OC2)C(=O)O. The first-order valence-electron chi connectivity index (χ1n) is 13.3. The van der Waals surface area contributed by atoms with Crippen molar-refractivity contribution >= 4 is 48.9 Å². The summed E-state index contributed by atoms with van der Waals surface area (Å²) in [6.45, 7) is 0.960. The van der Waals surface area contributed by atoms with Gasteiger partial charge in [-0.05, 0) is 48.0 Å². The number of carboxylic acids is 1. The normalized spacial score (nSPS) is 15.1. The number of hydrogen-bond acceptors (Lipinski definition) is 8. The third-order valence-electron chi connectivity index (χ3n) is 7.16. The number of benzene rings is 2. The van der Waals surface area contributed by atoms with Gasteiger partial charge in [0.05, 0.1) is 19.1 Å². The number of aliphatic carboxylic acids is 1. The average Bonchev–Trinajstić information content (AvgIpc) is 3.52. The lowest BCUT2D eigenvalue weighted by Gasteiger charge is -2.20. The molecule has 2 atom stereocenters. The van der Waals surface area contributed by atoms with E-state index in [1.54, 1.807) is 6.92 Å². The van der Waals surface area contributed by atoms with Crippen molar-refractivity contribution in [2.24, 2.45) is 5.92 Å². The zero-order valence-corrected chi connectivity index (χ0v) is 22.6. The topological polar surface area (TPSA) is 184 Å². The molecule has 0 saturated heterocycles. The van der Waals surface area contributed by atoms with Gasteiger partial charge in [-0.1, -0.05) is 13.3 Å². The Labute approximate surface area is 240 Å². The maximum absolute atomic E-state index is 14.5. The molecule has 2 aliphatic rings. The highest BCUT2D eigenvalue weighted by atomic mass is 19.1. The summed E-state index contributed by atoms with van der Waals surface area (Å²) in [7, 11) is -2.81. The van der Waals surface area contributed by atoms with Crippen molar-refractivity contribution in [2.75, 3.05) is 13.1 Å². The molecule has 6 N–H and O–H groups in total. The van der Waals surface area contributed by atoms with Gasteiger partial charge in [-0.2, -0.15) is 0 Å². The third kappa shape index (κ3) is 7.13. The maximum Gasteiger partial charge on any atom is 0.491 e. The predicted octanol–water partition coefficient (Wildman–Crippen LogP) is -1.06. The number of carbonyl (C=O) groups is 4. The van der Waals surface area contributed by atoms with Gasteiger partial charge in [-0.25, -0.2) is 8.78 Å². The van der Waals surface area contributed by atoms with Crippen LogP contribution >= 0.6 is 0 Å². The molecule has 3 amide bonds. The Hall–Kier alpha value is -3.85. The highest BCUT2D eigenvalue weighted by Crippen LogP contribution is 2.17. The molecule has 222 valence electrons. The third-order valence-corrected chi connectivity index (χ3v) is 7.16. The van der Waals surface area contributed by atoms with Gasteiger partial charge in [-0.15, -0.1) is 0 Å². The van der Waals surface area contributed by atoms with Crippen LogP contribution in [0.15, 0.2) is 24.3 Å². The molecular formula is C26H29B2F2N3O9. The number of halogens is 2. The van der Waals surface area contributed by atoms with Gasteiger partial charge >= 0.3 is 20.2 Å². The summed E-state index contributed by atoms with van der Waals surface area (Å²) in [5.41, 5.74) is 0.0636. The molecule has 2 aromatic carbocycles. The fourth-order valence-electron chi connectivity index (χ4n) is 4.61. The van der Waals surface area contributed by atoms with Crippen LogP contribution in [0.25, 0.3) is 0 Å². The minimum Gasteiger partial charge on any atom is -0.481 e. The van der Waals surface area contributed by atoms with Gasteiger partial charge < -0.3 is 40.4 Å². The number of unbranched alkanes of at least 4 members (excludes halogenated alkanes) is 1. The quantitative estimate of drug-likeness (QED) is 0.133. The molecule has 16 heteroatoms. The lowest BCUT2D eigenvalue weighted by Crippen LogP contribution is -2.53. The number of rotatable bonds is 12. The first kappa shape index (κ1) is 31.1. The van der Waals surface area contributed by atoms with Crippen molar-refractivity contribution in [3.63, 3.8) is 0 Å². The summed E-state index contributed by atoms with van der Waals surface area (Å²) in [5, 5.41) is 36.3. The number of amides is 3. The van der Waals surface area contributed by atoms with Crippen LogP contribution in [-0.2, 0) is 32.1 Å². The van der Waals surface area contributed by atoms with Crippen molar-refractivity contribution in [3.8, 4) is 0 Å². The molecule has 0 aromatic heterocycles. The van der Waals surface area contributed by atoms with Crippen LogP contribution in [0.5, 0.6) is 0 Å². The van der Waals surface area contributed by atoms with E-state index in [1.165, 1.54) is 12.1 Å². The predicted molar refractivity (Wildman–Crippen MR) is 145 cm³/mol. The van der Waals surface area contributed by atoms with Gasteiger partial charge in [0.1, 0.15) is 17.7 Å². The van der Waals surface area contributed by atoms with Crippen LogP contribution in [0.3, 0.4) is 0 Å². The molecule has 0 spiro atoms. The first-order valence-corrected chi connectivity index (χ1v) is 13.3. The second kappa shape index (κ2) is 13.4. The zero-order valence-electron chi connectivity index (χ0n) is 22.6. The Morgan fingerprint density at radius 1 is 0.881 bits per heavy atom. The second-order valence-corrected chi connectivity index (χ2v) is 10.1. The van der Waals surface area contributed by atoms with Crippen molar-refractivity contribution < 1.29 is 52.4 Å². The highest BCUT2D eigenvalue weighted by molar-refractivity contribution is 6.62. The van der Waals surface area contributed by atoms with E-state index in [-0.39, 0.29) is 52.9 Å². The largest absolute Gasteiger partial charge is 0.491 e. The van der Waals surface area contributed by atoms with E-state index in [4.69, 9.17) is 14.4 Å². The molecule has 0 aliphatic carbocycles. The summed E-state index contributed by atoms with van der Waals surface area (Å²) in [6, 6.07) is 3.04. The number of carbonyl (C=O) groups excluding carboxylic acids is 3. The fourth-order valence-corrected chi connectivity index (χ4v) is 4.61. The van der Waals surface area contributed by atoms with Gasteiger partial charge in [0.15, 0.2) is 0 Å². The Balaban J connectivity index is 1.44. The van der Waals surface area contributed by atoms with Gasteiger partial charge in [0.25, 0.3) is 11.8 Å². The van der Waals surface area contributed by atoms with E-state index < -0.39 is 68.1 Å². The van der Waals surface area contributed by atoms with E-state index in [9.17, 15) is 38.0 Å². The summed E-state index contributed by atoms with van der Waals surface area (Å²) < 4.78 is 38.9. The molecule has 0 unspecified atom stereocenters. The average molecular weight is 587 g/mol. The summed E-state index contributed by atoms with van der Waals surface area (Å²) in [5.74, 6) is -5.36. The number of fused-ring (bicyclic) bond motifs is 2. The van der Waals surface area contributed by atoms with E-state index in [0.29, 0.717) is 19.3 Å². The summed E-state index contributed by atoms with van der Waals surface area (Å²) in [6.07, 6.45) is 1.36. The number of hydrogen-bond donors (Lipinski definition) is 6. The van der Waals surface area contributed by atoms with Crippen LogP contribution in [0.1, 0.15) is 58.0 Å². The fraction of sp³-hybridized carbons (Fsp3) is 0.385. The maximum atomic E-state index is 14.5. The van der Waals surface area contributed by atoms with E-state index in [0.717, 1.165) is 12.1 Å². The van der Waals surface area contributed by atoms with Crippen LogP contribution in [0.2, 0.25) is 0 Å². The lowest BCUT2D eigenvalue weighted by molar-refractivity contribution is -0.141. The van der Waals surface area contributed by atoms with Crippen molar-refractivity contribution in [1.29, 1.82) is 0 Å². The van der Waals surface area contributed by atoms with Crippen molar-refractivity contribution in [3.05, 3.63) is 58.2 Å². The van der Waals surface area contributed by atoms with Gasteiger partial charge in [0, 0.05) is 35.3 Å². The zero-order chi connectivity index (χ0) is 30.6. The van der Waals surface area contributed by atoms with Crippen molar-refractivity contribution in [1.82, 2.24) is 16.0 Å². The number of nitrogens with one attached hydrogen (secondary N) is 3. The van der Waals surface area contributed by atoms with E-state index in [1.807, 2.05) is 0 Å². The molecule has 0 fully saturated rings. The van der Waals surface area contributed by atoms with E-state index in [2.05, 4.69) is 16.0 Å².